The lowest BCUT2D eigenvalue weighted by Crippen LogP contribution is -2.44. The van der Waals surface area contributed by atoms with Gasteiger partial charge in [0.2, 0.25) is 0 Å². The Bertz CT molecular complexity index is 687. The average Bonchev–Trinajstić information content (AvgIpc) is 3.37. The quantitative estimate of drug-likeness (QED) is 0.299. The van der Waals surface area contributed by atoms with Gasteiger partial charge in [-0.25, -0.2) is 0 Å². The molecule has 1 aliphatic heterocycles. The van der Waals surface area contributed by atoms with Crippen LogP contribution in [0.5, 0.6) is 11.5 Å². The highest BCUT2D eigenvalue weighted by atomic mass is 127. The summed E-state index contributed by atoms with van der Waals surface area (Å²) in [5.74, 6) is 2.09. The Morgan fingerprint density at radius 1 is 1.27 bits per heavy atom. The van der Waals surface area contributed by atoms with Crippen molar-refractivity contribution in [3.05, 3.63) is 23.8 Å². The normalized spacial score (nSPS) is 20.3. The second-order valence-electron chi connectivity index (χ2n) is 7.82. The summed E-state index contributed by atoms with van der Waals surface area (Å²) in [5.41, 5.74) is 0.614. The van der Waals surface area contributed by atoms with Crippen LogP contribution in [0, 0.1) is 5.92 Å². The molecular weight excluding hydrogens is 505 g/mol. The molecule has 0 aromatic heterocycles. The first-order valence-electron chi connectivity index (χ1n) is 10.4. The van der Waals surface area contributed by atoms with Crippen molar-refractivity contribution in [3.8, 4) is 11.5 Å². The van der Waals surface area contributed by atoms with E-state index in [0.717, 1.165) is 25.4 Å². The van der Waals surface area contributed by atoms with Crippen molar-refractivity contribution in [2.45, 2.75) is 51.3 Å². The molecule has 9 heteroatoms. The molecule has 0 bridgehead atoms. The fourth-order valence-electron chi connectivity index (χ4n) is 4.25. The summed E-state index contributed by atoms with van der Waals surface area (Å²) in [6.07, 6.45) is 6.56. The minimum atomic E-state index is -2.89. The number of benzene rings is 1. The average molecular weight is 538 g/mol. The van der Waals surface area contributed by atoms with Crippen LogP contribution < -0.4 is 20.1 Å². The van der Waals surface area contributed by atoms with Gasteiger partial charge in [0.1, 0.15) is 11.5 Å². The maximum Gasteiger partial charge on any atom is 0.387 e. The van der Waals surface area contributed by atoms with Crippen molar-refractivity contribution < 1.29 is 18.3 Å². The van der Waals surface area contributed by atoms with E-state index in [1.807, 2.05) is 0 Å². The molecule has 0 spiro atoms. The topological polar surface area (TPSA) is 58.1 Å². The van der Waals surface area contributed by atoms with Crippen LogP contribution in [0.2, 0.25) is 0 Å². The Morgan fingerprint density at radius 3 is 2.70 bits per heavy atom. The van der Waals surface area contributed by atoms with Crippen LogP contribution in [0.25, 0.3) is 0 Å². The SMILES string of the molecule is CN=C(NCc1ccc(OC)cc1OC(F)F)NC1CCN(CC2CCCC2)C1.I. The predicted molar refractivity (Wildman–Crippen MR) is 125 cm³/mol. The van der Waals surface area contributed by atoms with Crippen molar-refractivity contribution in [3.63, 3.8) is 0 Å². The summed E-state index contributed by atoms with van der Waals surface area (Å²) >= 11 is 0. The maximum atomic E-state index is 12.7. The summed E-state index contributed by atoms with van der Waals surface area (Å²) in [6, 6.07) is 5.26. The number of hydrogen-bond donors (Lipinski definition) is 2. The molecular formula is C21H33F2IN4O2. The molecule has 2 fully saturated rings. The highest BCUT2D eigenvalue weighted by molar-refractivity contribution is 14.0. The number of rotatable bonds is 8. The number of nitrogens with one attached hydrogen (secondary N) is 2. The molecule has 1 saturated carbocycles. The zero-order chi connectivity index (χ0) is 20.6. The monoisotopic (exact) mass is 538 g/mol. The molecule has 1 aromatic rings. The van der Waals surface area contributed by atoms with E-state index in [0.29, 0.717) is 29.9 Å². The Labute approximate surface area is 194 Å². The lowest BCUT2D eigenvalue weighted by atomic mass is 10.1. The summed E-state index contributed by atoms with van der Waals surface area (Å²) in [4.78, 5) is 6.82. The van der Waals surface area contributed by atoms with Crippen molar-refractivity contribution in [1.82, 2.24) is 15.5 Å². The van der Waals surface area contributed by atoms with Crippen LogP contribution in [0.4, 0.5) is 8.78 Å². The lowest BCUT2D eigenvalue weighted by molar-refractivity contribution is -0.0505. The molecule has 2 N–H and O–H groups in total. The molecule has 0 radical (unpaired) electrons. The smallest absolute Gasteiger partial charge is 0.387 e. The molecule has 1 atom stereocenters. The second kappa shape index (κ2) is 12.5. The highest BCUT2D eigenvalue weighted by Crippen LogP contribution is 2.27. The number of methoxy groups -OCH3 is 1. The number of guanidine groups is 1. The van der Waals surface area contributed by atoms with E-state index in [4.69, 9.17) is 4.74 Å². The van der Waals surface area contributed by atoms with Crippen molar-refractivity contribution in [2.24, 2.45) is 10.9 Å². The molecule has 3 rings (SSSR count). The summed E-state index contributed by atoms with van der Waals surface area (Å²) in [6.45, 7) is 0.757. The number of hydrogen-bond acceptors (Lipinski definition) is 4. The summed E-state index contributed by atoms with van der Waals surface area (Å²) < 4.78 is 35.2. The summed E-state index contributed by atoms with van der Waals surface area (Å²) in [5, 5.41) is 6.66. The van der Waals surface area contributed by atoms with Gasteiger partial charge in [-0.3, -0.25) is 4.99 Å². The lowest BCUT2D eigenvalue weighted by Gasteiger charge is -2.21. The maximum absolute atomic E-state index is 12.7. The van der Waals surface area contributed by atoms with E-state index >= 15 is 0 Å². The number of likely N-dealkylation sites (tertiary alicyclic amines) is 1. The van der Waals surface area contributed by atoms with Crippen LogP contribution in [0.3, 0.4) is 0 Å². The van der Waals surface area contributed by atoms with Gasteiger partial charge in [0.25, 0.3) is 0 Å². The molecule has 6 nitrogen and oxygen atoms in total. The van der Waals surface area contributed by atoms with E-state index in [1.54, 1.807) is 19.2 Å². The number of nitrogens with zero attached hydrogens (tertiary/aromatic N) is 2. The first-order valence-corrected chi connectivity index (χ1v) is 10.4. The summed E-state index contributed by atoms with van der Waals surface area (Å²) in [7, 11) is 3.20. The molecule has 1 aliphatic carbocycles. The molecule has 1 aromatic carbocycles. The van der Waals surface area contributed by atoms with Gasteiger partial charge in [-0.2, -0.15) is 8.78 Å². The number of halogens is 3. The Balaban J connectivity index is 0.00000320. The van der Waals surface area contributed by atoms with Crippen LogP contribution in [-0.2, 0) is 6.54 Å². The molecule has 30 heavy (non-hydrogen) atoms. The van der Waals surface area contributed by atoms with E-state index in [-0.39, 0.29) is 29.7 Å². The van der Waals surface area contributed by atoms with Crippen LogP contribution >= 0.6 is 24.0 Å². The molecule has 170 valence electrons. The molecule has 1 saturated heterocycles. The third kappa shape index (κ3) is 7.40. The third-order valence-corrected chi connectivity index (χ3v) is 5.76. The van der Waals surface area contributed by atoms with E-state index in [2.05, 4.69) is 25.3 Å². The van der Waals surface area contributed by atoms with E-state index in [1.165, 1.54) is 45.4 Å². The van der Waals surface area contributed by atoms with Gasteiger partial charge < -0.3 is 25.0 Å². The number of aliphatic imine (C=N–C) groups is 1. The largest absolute Gasteiger partial charge is 0.497 e. The number of alkyl halides is 2. The van der Waals surface area contributed by atoms with Crippen LogP contribution in [0.15, 0.2) is 23.2 Å². The zero-order valence-corrected chi connectivity index (χ0v) is 20.0. The van der Waals surface area contributed by atoms with Crippen molar-refractivity contribution in [2.75, 3.05) is 33.8 Å². The molecule has 2 aliphatic rings. The highest BCUT2D eigenvalue weighted by Gasteiger charge is 2.26. The van der Waals surface area contributed by atoms with Crippen molar-refractivity contribution >= 4 is 29.9 Å². The number of ether oxygens (including phenoxy) is 2. The van der Waals surface area contributed by atoms with E-state index in [9.17, 15) is 8.78 Å². The van der Waals surface area contributed by atoms with Gasteiger partial charge in [0, 0.05) is 50.9 Å². The first kappa shape index (κ1) is 24.9. The Kier molecular flexibility index (Phi) is 10.4. The molecule has 0 amide bonds. The minimum absolute atomic E-state index is 0. The fourth-order valence-corrected chi connectivity index (χ4v) is 4.25. The van der Waals surface area contributed by atoms with Gasteiger partial charge in [-0.1, -0.05) is 12.8 Å². The van der Waals surface area contributed by atoms with Crippen LogP contribution in [0.1, 0.15) is 37.7 Å². The van der Waals surface area contributed by atoms with Gasteiger partial charge in [0.15, 0.2) is 5.96 Å². The minimum Gasteiger partial charge on any atom is -0.497 e. The van der Waals surface area contributed by atoms with Gasteiger partial charge in [0.05, 0.1) is 7.11 Å². The van der Waals surface area contributed by atoms with Crippen LogP contribution in [-0.4, -0.2) is 57.3 Å². The predicted octanol–water partition coefficient (Wildman–Crippen LogP) is 3.84. The van der Waals surface area contributed by atoms with Gasteiger partial charge in [-0.15, -0.1) is 24.0 Å². The standard InChI is InChI=1S/C21H32F2N4O2.HI/c1-24-21(26-17-9-10-27(14-17)13-15-5-3-4-6-15)25-12-16-7-8-18(28-2)11-19(16)29-20(22)23;/h7-8,11,15,17,20H,3-6,9-10,12-14H2,1-2H3,(H2,24,25,26);1H. The van der Waals surface area contributed by atoms with E-state index < -0.39 is 6.61 Å². The van der Waals surface area contributed by atoms with Gasteiger partial charge >= 0.3 is 6.61 Å². The van der Waals surface area contributed by atoms with Gasteiger partial charge in [-0.05, 0) is 37.3 Å². The third-order valence-electron chi connectivity index (χ3n) is 5.76. The molecule has 1 unspecified atom stereocenters. The zero-order valence-electron chi connectivity index (χ0n) is 17.7. The van der Waals surface area contributed by atoms with Crippen molar-refractivity contribution in [1.29, 1.82) is 0 Å². The Hall–Kier alpha value is -1.36. The fraction of sp³-hybridized carbons (Fsp3) is 0.667. The molecule has 1 heterocycles. The first-order chi connectivity index (χ1) is 14.1. The second-order valence-corrected chi connectivity index (χ2v) is 7.82. The Morgan fingerprint density at radius 2 is 2.03 bits per heavy atom.